The zero-order chi connectivity index (χ0) is 18.5. The number of hydrogen-bond acceptors (Lipinski definition) is 3. The molecule has 0 spiro atoms. The van der Waals surface area contributed by atoms with E-state index in [4.69, 9.17) is 0 Å². The van der Waals surface area contributed by atoms with Crippen LogP contribution in [0.4, 0.5) is 0 Å². The van der Waals surface area contributed by atoms with Crippen molar-refractivity contribution in [3.8, 4) is 0 Å². The summed E-state index contributed by atoms with van der Waals surface area (Å²) >= 11 is 0. The lowest BCUT2D eigenvalue weighted by Gasteiger charge is -2.42. The predicted octanol–water partition coefficient (Wildman–Crippen LogP) is 4.33. The zero-order valence-corrected chi connectivity index (χ0v) is 18.1. The summed E-state index contributed by atoms with van der Waals surface area (Å²) in [4.78, 5) is 8.03. The van der Waals surface area contributed by atoms with Crippen LogP contribution in [0.3, 0.4) is 0 Å². The van der Waals surface area contributed by atoms with Gasteiger partial charge in [0.2, 0.25) is 0 Å². The van der Waals surface area contributed by atoms with E-state index in [1.165, 1.54) is 84.5 Å². The Bertz CT molecular complexity index is 364. The van der Waals surface area contributed by atoms with Crippen molar-refractivity contribution in [3.05, 3.63) is 0 Å². The number of likely N-dealkylation sites (tertiary alicyclic amines) is 1. The maximum Gasteiger partial charge on any atom is 0.0126 e. The number of hydrogen-bond donors (Lipinski definition) is 0. The molecular weight excluding hydrogens is 306 g/mol. The fourth-order valence-corrected chi connectivity index (χ4v) is 4.24. The van der Waals surface area contributed by atoms with E-state index in [0.717, 1.165) is 5.92 Å². The molecule has 2 fully saturated rings. The van der Waals surface area contributed by atoms with E-state index in [1.807, 2.05) is 0 Å². The molecule has 0 amide bonds. The van der Waals surface area contributed by atoms with Crippen LogP contribution in [0, 0.1) is 11.3 Å². The van der Waals surface area contributed by atoms with Gasteiger partial charge in [0.25, 0.3) is 0 Å². The van der Waals surface area contributed by atoms with E-state index < -0.39 is 0 Å². The molecule has 2 heterocycles. The SMILES string of the molecule is CC(C)(C)CCN1CCC(CCCN2CCN(C(C)(C)C)CC2)CC1. The van der Waals surface area contributed by atoms with E-state index in [1.54, 1.807) is 0 Å². The molecule has 148 valence electrons. The van der Waals surface area contributed by atoms with Gasteiger partial charge >= 0.3 is 0 Å². The minimum absolute atomic E-state index is 0.340. The molecule has 0 radical (unpaired) electrons. The van der Waals surface area contributed by atoms with Gasteiger partial charge in [0.15, 0.2) is 0 Å². The summed E-state index contributed by atoms with van der Waals surface area (Å²) in [5.41, 5.74) is 0.820. The van der Waals surface area contributed by atoms with Crippen LogP contribution in [0.15, 0.2) is 0 Å². The topological polar surface area (TPSA) is 9.72 Å². The predicted molar refractivity (Wildman–Crippen MR) is 110 cm³/mol. The van der Waals surface area contributed by atoms with E-state index in [2.05, 4.69) is 56.2 Å². The third-order valence-corrected chi connectivity index (χ3v) is 6.29. The quantitative estimate of drug-likeness (QED) is 0.705. The molecular formula is C22H45N3. The van der Waals surface area contributed by atoms with Crippen molar-refractivity contribution in [1.29, 1.82) is 0 Å². The molecule has 0 aromatic carbocycles. The Hall–Kier alpha value is -0.120. The van der Waals surface area contributed by atoms with Crippen molar-refractivity contribution < 1.29 is 0 Å². The second-order valence-corrected chi connectivity index (χ2v) is 10.7. The van der Waals surface area contributed by atoms with Crippen molar-refractivity contribution >= 4 is 0 Å². The minimum atomic E-state index is 0.340. The van der Waals surface area contributed by atoms with Gasteiger partial charge in [-0.25, -0.2) is 0 Å². The molecule has 0 N–H and O–H groups in total. The summed E-state index contributed by atoms with van der Waals surface area (Å²) < 4.78 is 0. The molecule has 0 aliphatic carbocycles. The largest absolute Gasteiger partial charge is 0.303 e. The van der Waals surface area contributed by atoms with Gasteiger partial charge in [-0.2, -0.15) is 0 Å². The van der Waals surface area contributed by atoms with Gasteiger partial charge in [-0.05, 0) is 90.4 Å². The van der Waals surface area contributed by atoms with E-state index in [9.17, 15) is 0 Å². The van der Waals surface area contributed by atoms with E-state index in [0.29, 0.717) is 11.0 Å². The molecule has 2 saturated heterocycles. The van der Waals surface area contributed by atoms with Crippen LogP contribution in [0.2, 0.25) is 0 Å². The molecule has 3 heteroatoms. The molecule has 2 aliphatic heterocycles. The molecule has 0 unspecified atom stereocenters. The Labute approximate surface area is 158 Å². The van der Waals surface area contributed by atoms with Gasteiger partial charge in [0.1, 0.15) is 0 Å². The van der Waals surface area contributed by atoms with Gasteiger partial charge in [-0.3, -0.25) is 4.90 Å². The number of nitrogens with zero attached hydrogens (tertiary/aromatic N) is 3. The van der Waals surface area contributed by atoms with Crippen molar-refractivity contribution in [2.24, 2.45) is 11.3 Å². The highest BCUT2D eigenvalue weighted by Crippen LogP contribution is 2.25. The van der Waals surface area contributed by atoms with Crippen LogP contribution >= 0.6 is 0 Å². The molecule has 0 atom stereocenters. The lowest BCUT2D eigenvalue weighted by Crippen LogP contribution is -2.53. The monoisotopic (exact) mass is 351 g/mol. The summed E-state index contributed by atoms with van der Waals surface area (Å²) in [7, 11) is 0. The van der Waals surface area contributed by atoms with Crippen molar-refractivity contribution in [2.75, 3.05) is 52.4 Å². The van der Waals surface area contributed by atoms with Gasteiger partial charge in [-0.1, -0.05) is 20.8 Å². The standard InChI is InChI=1S/C22H45N3/c1-21(2,3)11-15-24-13-9-20(10-14-24)8-7-12-23-16-18-25(19-17-23)22(4,5)6/h20H,7-19H2,1-6H3. The maximum atomic E-state index is 2.70. The van der Waals surface area contributed by atoms with Crippen molar-refractivity contribution in [3.63, 3.8) is 0 Å². The Kier molecular flexibility index (Phi) is 7.79. The van der Waals surface area contributed by atoms with Crippen LogP contribution in [-0.2, 0) is 0 Å². The van der Waals surface area contributed by atoms with Gasteiger partial charge in [0.05, 0.1) is 0 Å². The molecule has 0 bridgehead atoms. The number of piperazine rings is 1. The molecule has 2 rings (SSSR count). The Morgan fingerprint density at radius 2 is 1.28 bits per heavy atom. The average molecular weight is 352 g/mol. The van der Waals surface area contributed by atoms with Crippen LogP contribution in [0.1, 0.15) is 73.6 Å². The molecule has 0 saturated carbocycles. The Morgan fingerprint density at radius 3 is 1.80 bits per heavy atom. The second kappa shape index (κ2) is 9.19. The number of rotatable bonds is 6. The van der Waals surface area contributed by atoms with Crippen LogP contribution in [0.25, 0.3) is 0 Å². The third kappa shape index (κ3) is 7.97. The normalized spacial score (nSPS) is 23.3. The minimum Gasteiger partial charge on any atom is -0.303 e. The highest BCUT2D eigenvalue weighted by molar-refractivity contribution is 4.82. The van der Waals surface area contributed by atoms with E-state index in [-0.39, 0.29) is 0 Å². The zero-order valence-electron chi connectivity index (χ0n) is 18.1. The molecule has 3 nitrogen and oxygen atoms in total. The highest BCUT2D eigenvalue weighted by atomic mass is 15.3. The van der Waals surface area contributed by atoms with Crippen LogP contribution < -0.4 is 0 Å². The first-order valence-electron chi connectivity index (χ1n) is 10.8. The third-order valence-electron chi connectivity index (χ3n) is 6.29. The Balaban J connectivity index is 1.54. The summed E-state index contributed by atoms with van der Waals surface area (Å²) in [5, 5.41) is 0. The molecule has 25 heavy (non-hydrogen) atoms. The van der Waals surface area contributed by atoms with Crippen LogP contribution in [-0.4, -0.2) is 72.6 Å². The van der Waals surface area contributed by atoms with Crippen molar-refractivity contribution in [2.45, 2.75) is 79.2 Å². The molecule has 0 aromatic heterocycles. The maximum absolute atomic E-state index is 2.70. The van der Waals surface area contributed by atoms with E-state index >= 15 is 0 Å². The summed E-state index contributed by atoms with van der Waals surface area (Å²) in [5.74, 6) is 0.988. The van der Waals surface area contributed by atoms with Gasteiger partial charge in [0, 0.05) is 31.7 Å². The first kappa shape index (κ1) is 21.2. The van der Waals surface area contributed by atoms with Crippen molar-refractivity contribution in [1.82, 2.24) is 14.7 Å². The number of piperidine rings is 1. The molecule has 2 aliphatic rings. The van der Waals surface area contributed by atoms with Crippen LogP contribution in [0.5, 0.6) is 0 Å². The Morgan fingerprint density at radius 1 is 0.720 bits per heavy atom. The fourth-order valence-electron chi connectivity index (χ4n) is 4.24. The second-order valence-electron chi connectivity index (χ2n) is 10.7. The fraction of sp³-hybridized carbons (Fsp3) is 1.00. The summed E-state index contributed by atoms with van der Waals surface area (Å²) in [6.07, 6.45) is 7.05. The average Bonchev–Trinajstić information content (AvgIpc) is 2.53. The summed E-state index contributed by atoms with van der Waals surface area (Å²) in [6.45, 7) is 24.4. The highest BCUT2D eigenvalue weighted by Gasteiger charge is 2.26. The summed E-state index contributed by atoms with van der Waals surface area (Å²) in [6, 6.07) is 0. The first-order chi connectivity index (χ1) is 11.6. The lowest BCUT2D eigenvalue weighted by atomic mass is 9.89. The first-order valence-corrected chi connectivity index (χ1v) is 10.8. The lowest BCUT2D eigenvalue weighted by molar-refractivity contribution is 0.0604. The van der Waals surface area contributed by atoms with Gasteiger partial charge < -0.3 is 9.80 Å². The van der Waals surface area contributed by atoms with Gasteiger partial charge in [-0.15, -0.1) is 0 Å². The smallest absolute Gasteiger partial charge is 0.0126 e. The molecule has 0 aromatic rings.